The molecule has 0 aliphatic heterocycles. The van der Waals surface area contributed by atoms with Gasteiger partial charge in [0.25, 0.3) is 5.91 Å². The van der Waals surface area contributed by atoms with Crippen LogP contribution in [0.2, 0.25) is 0 Å². The van der Waals surface area contributed by atoms with Crippen LogP contribution in [0.15, 0.2) is 28.7 Å². The number of amides is 1. The molecule has 0 fully saturated rings. The molecule has 0 aliphatic carbocycles. The van der Waals surface area contributed by atoms with E-state index in [0.29, 0.717) is 5.56 Å². The van der Waals surface area contributed by atoms with Crippen molar-refractivity contribution in [1.82, 2.24) is 5.32 Å². The van der Waals surface area contributed by atoms with Gasteiger partial charge in [-0.2, -0.15) is 0 Å². The van der Waals surface area contributed by atoms with Crippen molar-refractivity contribution >= 4 is 21.8 Å². The molecule has 0 heterocycles. The quantitative estimate of drug-likeness (QED) is 0.874. The third-order valence-corrected chi connectivity index (χ3v) is 3.40. The number of aliphatic hydroxyl groups excluding tert-OH is 1. The summed E-state index contributed by atoms with van der Waals surface area (Å²) in [6.45, 7) is 10.3. The van der Waals surface area contributed by atoms with Gasteiger partial charge in [0.2, 0.25) is 0 Å². The van der Waals surface area contributed by atoms with Gasteiger partial charge in [-0.15, -0.1) is 0 Å². The van der Waals surface area contributed by atoms with Crippen molar-refractivity contribution in [2.45, 2.75) is 52.7 Å². The van der Waals surface area contributed by atoms with Crippen LogP contribution in [0.5, 0.6) is 0 Å². The van der Waals surface area contributed by atoms with Crippen LogP contribution in [0.25, 0.3) is 0 Å². The number of rotatable bonds is 4. The molecule has 1 aromatic rings. The third kappa shape index (κ3) is 5.63. The summed E-state index contributed by atoms with van der Waals surface area (Å²) >= 11 is 3.33. The van der Waals surface area contributed by atoms with E-state index in [0.717, 1.165) is 10.9 Å². The summed E-state index contributed by atoms with van der Waals surface area (Å²) in [4.78, 5) is 12.2. The van der Waals surface area contributed by atoms with Gasteiger partial charge in [0.1, 0.15) is 0 Å². The average molecular weight is 342 g/mol. The van der Waals surface area contributed by atoms with Crippen molar-refractivity contribution in [3.8, 4) is 0 Å². The molecular formula is C16H24BrNO2. The molecule has 2 N–H and O–H groups in total. The van der Waals surface area contributed by atoms with Gasteiger partial charge < -0.3 is 10.4 Å². The molecule has 0 radical (unpaired) electrons. The Morgan fingerprint density at radius 3 is 2.15 bits per heavy atom. The SMILES string of the molecule is CC(C)(C)CC(C)(C)NC(=O)C(O)c1ccc(Br)cc1. The molecule has 1 atom stereocenters. The van der Waals surface area contributed by atoms with Gasteiger partial charge in [0, 0.05) is 10.0 Å². The first kappa shape index (κ1) is 17.2. The highest BCUT2D eigenvalue weighted by Gasteiger charge is 2.29. The minimum Gasteiger partial charge on any atom is -0.378 e. The second-order valence-corrected chi connectivity index (χ2v) is 7.98. The lowest BCUT2D eigenvalue weighted by atomic mass is 9.81. The fourth-order valence-electron chi connectivity index (χ4n) is 2.57. The highest BCUT2D eigenvalue weighted by molar-refractivity contribution is 9.10. The number of halogens is 1. The number of nitrogens with one attached hydrogen (secondary N) is 1. The zero-order valence-corrected chi connectivity index (χ0v) is 14.4. The Bertz CT molecular complexity index is 460. The largest absolute Gasteiger partial charge is 0.378 e. The molecule has 0 aliphatic rings. The molecule has 20 heavy (non-hydrogen) atoms. The highest BCUT2D eigenvalue weighted by Crippen LogP contribution is 2.27. The number of carbonyl (C=O) groups excluding carboxylic acids is 1. The second kappa shape index (κ2) is 6.27. The molecule has 0 bridgehead atoms. The van der Waals surface area contributed by atoms with Crippen molar-refractivity contribution in [3.05, 3.63) is 34.3 Å². The van der Waals surface area contributed by atoms with Gasteiger partial charge in [0.15, 0.2) is 6.10 Å². The molecule has 1 rings (SSSR count). The van der Waals surface area contributed by atoms with E-state index in [1.165, 1.54) is 0 Å². The van der Waals surface area contributed by atoms with Gasteiger partial charge >= 0.3 is 0 Å². The Morgan fingerprint density at radius 2 is 1.70 bits per heavy atom. The van der Waals surface area contributed by atoms with Crippen molar-refractivity contribution in [3.63, 3.8) is 0 Å². The van der Waals surface area contributed by atoms with Crippen LogP contribution in [0, 0.1) is 5.41 Å². The molecule has 4 heteroatoms. The van der Waals surface area contributed by atoms with Crippen LogP contribution < -0.4 is 5.32 Å². The van der Waals surface area contributed by atoms with Crippen LogP contribution in [-0.2, 0) is 4.79 Å². The number of aliphatic hydroxyl groups is 1. The van der Waals surface area contributed by atoms with Crippen LogP contribution in [-0.4, -0.2) is 16.6 Å². The first-order chi connectivity index (χ1) is 9.00. The number of hydrogen-bond donors (Lipinski definition) is 2. The predicted octanol–water partition coefficient (Wildman–Crippen LogP) is 3.81. The fraction of sp³-hybridized carbons (Fsp3) is 0.562. The summed E-state index contributed by atoms with van der Waals surface area (Å²) in [6, 6.07) is 7.11. The van der Waals surface area contributed by atoms with Crippen LogP contribution in [0.4, 0.5) is 0 Å². The highest BCUT2D eigenvalue weighted by atomic mass is 79.9. The van der Waals surface area contributed by atoms with E-state index in [9.17, 15) is 9.90 Å². The van der Waals surface area contributed by atoms with E-state index in [1.807, 2.05) is 26.0 Å². The first-order valence-electron chi connectivity index (χ1n) is 6.76. The van der Waals surface area contributed by atoms with E-state index in [4.69, 9.17) is 0 Å². The summed E-state index contributed by atoms with van der Waals surface area (Å²) in [6.07, 6.45) is -0.305. The number of hydrogen-bond acceptors (Lipinski definition) is 2. The minimum absolute atomic E-state index is 0.110. The van der Waals surface area contributed by atoms with Gasteiger partial charge in [0.05, 0.1) is 0 Å². The standard InChI is InChI=1S/C16H24BrNO2/c1-15(2,3)10-16(4,5)18-14(20)13(19)11-6-8-12(17)9-7-11/h6-9,13,19H,10H2,1-5H3,(H,18,20). The van der Waals surface area contributed by atoms with Crippen molar-refractivity contribution < 1.29 is 9.90 Å². The van der Waals surface area contributed by atoms with E-state index in [2.05, 4.69) is 42.0 Å². The maximum absolute atomic E-state index is 12.2. The Hall–Kier alpha value is -0.870. The molecule has 0 aromatic heterocycles. The van der Waals surface area contributed by atoms with Crippen LogP contribution >= 0.6 is 15.9 Å². The molecule has 112 valence electrons. The second-order valence-electron chi connectivity index (χ2n) is 7.06. The molecular weight excluding hydrogens is 318 g/mol. The van der Waals surface area contributed by atoms with E-state index >= 15 is 0 Å². The lowest BCUT2D eigenvalue weighted by Gasteiger charge is -2.34. The van der Waals surface area contributed by atoms with E-state index < -0.39 is 6.10 Å². The average Bonchev–Trinajstić information content (AvgIpc) is 2.24. The maximum Gasteiger partial charge on any atom is 0.253 e. The fourth-order valence-corrected chi connectivity index (χ4v) is 2.83. The Kier molecular flexibility index (Phi) is 5.39. The summed E-state index contributed by atoms with van der Waals surface area (Å²) in [5.41, 5.74) is 0.350. The van der Waals surface area contributed by atoms with Gasteiger partial charge in [-0.25, -0.2) is 0 Å². The van der Waals surface area contributed by atoms with Gasteiger partial charge in [-0.3, -0.25) is 4.79 Å². The monoisotopic (exact) mass is 341 g/mol. The van der Waals surface area contributed by atoms with Gasteiger partial charge in [-0.1, -0.05) is 48.8 Å². The van der Waals surface area contributed by atoms with Crippen LogP contribution in [0.1, 0.15) is 52.7 Å². The topological polar surface area (TPSA) is 49.3 Å². The molecule has 1 aromatic carbocycles. The summed E-state index contributed by atoms with van der Waals surface area (Å²) in [7, 11) is 0. The summed E-state index contributed by atoms with van der Waals surface area (Å²) in [5.74, 6) is -0.360. The predicted molar refractivity (Wildman–Crippen MR) is 85.4 cm³/mol. The first-order valence-corrected chi connectivity index (χ1v) is 7.55. The van der Waals surface area contributed by atoms with Crippen molar-refractivity contribution in [2.75, 3.05) is 0 Å². The molecule has 1 amide bonds. The maximum atomic E-state index is 12.2. The molecule has 0 saturated heterocycles. The zero-order valence-electron chi connectivity index (χ0n) is 12.8. The number of benzene rings is 1. The summed E-state index contributed by atoms with van der Waals surface area (Å²) < 4.78 is 0.918. The third-order valence-electron chi connectivity index (χ3n) is 2.87. The molecule has 0 spiro atoms. The molecule has 3 nitrogen and oxygen atoms in total. The Balaban J connectivity index is 2.73. The minimum atomic E-state index is -1.14. The zero-order chi connectivity index (χ0) is 15.6. The van der Waals surface area contributed by atoms with E-state index in [-0.39, 0.29) is 16.9 Å². The number of carbonyl (C=O) groups is 1. The van der Waals surface area contributed by atoms with Crippen molar-refractivity contribution in [2.24, 2.45) is 5.41 Å². The normalized spacial score (nSPS) is 13.9. The Labute approximate surface area is 129 Å². The molecule has 0 saturated carbocycles. The molecule has 1 unspecified atom stereocenters. The van der Waals surface area contributed by atoms with E-state index in [1.54, 1.807) is 12.1 Å². The lowest BCUT2D eigenvalue weighted by Crippen LogP contribution is -2.47. The van der Waals surface area contributed by atoms with Crippen LogP contribution in [0.3, 0.4) is 0 Å². The summed E-state index contributed by atoms with van der Waals surface area (Å²) in [5, 5.41) is 13.0. The van der Waals surface area contributed by atoms with Gasteiger partial charge in [-0.05, 0) is 43.4 Å². The smallest absolute Gasteiger partial charge is 0.253 e. The van der Waals surface area contributed by atoms with Crippen molar-refractivity contribution in [1.29, 1.82) is 0 Å². The Morgan fingerprint density at radius 1 is 1.20 bits per heavy atom. The lowest BCUT2D eigenvalue weighted by molar-refractivity contribution is -0.131.